The molecular formula is C20H23N3O2. The normalized spacial score (nSPS) is 22.1. The number of anilines is 2. The van der Waals surface area contributed by atoms with E-state index in [-0.39, 0.29) is 12.0 Å². The van der Waals surface area contributed by atoms with Crippen LogP contribution in [0.3, 0.4) is 0 Å². The molecule has 130 valence electrons. The Morgan fingerprint density at radius 3 is 2.80 bits per heavy atom. The molecule has 0 saturated carbocycles. The molecule has 2 heterocycles. The summed E-state index contributed by atoms with van der Waals surface area (Å²) in [6.07, 6.45) is 1.05. The Balaban J connectivity index is 1.43. The maximum atomic E-state index is 12.5. The zero-order valence-corrected chi connectivity index (χ0v) is 14.3. The number of carbonyl (C=O) groups is 1. The molecule has 2 aliphatic rings. The molecule has 0 bridgehead atoms. The van der Waals surface area contributed by atoms with Crippen molar-refractivity contribution in [3.63, 3.8) is 0 Å². The minimum absolute atomic E-state index is 0.0781. The molecule has 2 aromatic rings. The molecule has 2 atom stereocenters. The minimum atomic E-state index is -0.0781. The van der Waals surface area contributed by atoms with Crippen molar-refractivity contribution in [1.82, 2.24) is 5.32 Å². The highest BCUT2D eigenvalue weighted by Gasteiger charge is 2.19. The van der Waals surface area contributed by atoms with Gasteiger partial charge in [0.1, 0.15) is 0 Å². The Bertz CT molecular complexity index is 767. The Labute approximate surface area is 147 Å². The SMILES string of the molecule is C[C@@H]1Cc2cc(C(=O)Nc3ccc(C4CNCCO4)cc3)ccc2N1. The molecule has 5 heteroatoms. The highest BCUT2D eigenvalue weighted by molar-refractivity contribution is 6.04. The van der Waals surface area contributed by atoms with Gasteiger partial charge in [-0.3, -0.25) is 4.79 Å². The van der Waals surface area contributed by atoms with E-state index in [0.717, 1.165) is 43.1 Å². The molecule has 1 fully saturated rings. The van der Waals surface area contributed by atoms with E-state index in [9.17, 15) is 4.79 Å². The zero-order chi connectivity index (χ0) is 17.2. The fraction of sp³-hybridized carbons (Fsp3) is 0.350. The van der Waals surface area contributed by atoms with E-state index in [0.29, 0.717) is 11.6 Å². The largest absolute Gasteiger partial charge is 0.382 e. The third kappa shape index (κ3) is 3.52. The number of carbonyl (C=O) groups excluding carboxylic acids is 1. The first-order chi connectivity index (χ1) is 12.2. The number of hydrogen-bond acceptors (Lipinski definition) is 4. The number of nitrogens with one attached hydrogen (secondary N) is 3. The molecule has 4 rings (SSSR count). The lowest BCUT2D eigenvalue weighted by atomic mass is 10.1. The van der Waals surface area contributed by atoms with E-state index in [2.05, 4.69) is 22.9 Å². The third-order valence-electron chi connectivity index (χ3n) is 4.76. The second kappa shape index (κ2) is 6.86. The van der Waals surface area contributed by atoms with Crippen LogP contribution in [0.2, 0.25) is 0 Å². The topological polar surface area (TPSA) is 62.4 Å². The number of fused-ring (bicyclic) bond motifs is 1. The van der Waals surface area contributed by atoms with Gasteiger partial charge in [0.15, 0.2) is 0 Å². The van der Waals surface area contributed by atoms with Gasteiger partial charge in [0.05, 0.1) is 12.7 Å². The molecule has 3 N–H and O–H groups in total. The van der Waals surface area contributed by atoms with Gasteiger partial charge in [0.2, 0.25) is 0 Å². The van der Waals surface area contributed by atoms with E-state index < -0.39 is 0 Å². The number of morpholine rings is 1. The summed E-state index contributed by atoms with van der Waals surface area (Å²) < 4.78 is 5.75. The highest BCUT2D eigenvalue weighted by Crippen LogP contribution is 2.27. The molecule has 1 amide bonds. The van der Waals surface area contributed by atoms with Crippen LogP contribution in [0.4, 0.5) is 11.4 Å². The van der Waals surface area contributed by atoms with Gasteiger partial charge in [-0.2, -0.15) is 0 Å². The number of hydrogen-bond donors (Lipinski definition) is 3. The van der Waals surface area contributed by atoms with Crippen molar-refractivity contribution in [3.8, 4) is 0 Å². The van der Waals surface area contributed by atoms with Crippen LogP contribution < -0.4 is 16.0 Å². The maximum Gasteiger partial charge on any atom is 0.255 e. The van der Waals surface area contributed by atoms with Gasteiger partial charge in [-0.25, -0.2) is 0 Å². The molecule has 1 unspecified atom stereocenters. The number of benzene rings is 2. The fourth-order valence-corrected chi connectivity index (χ4v) is 3.45. The van der Waals surface area contributed by atoms with Crippen molar-refractivity contribution in [2.75, 3.05) is 30.3 Å². The van der Waals surface area contributed by atoms with Crippen molar-refractivity contribution in [3.05, 3.63) is 59.2 Å². The Kier molecular flexibility index (Phi) is 4.42. The Hall–Kier alpha value is -2.37. The fourth-order valence-electron chi connectivity index (χ4n) is 3.45. The van der Waals surface area contributed by atoms with Crippen LogP contribution in [0.1, 0.15) is 34.5 Å². The van der Waals surface area contributed by atoms with Crippen LogP contribution in [0, 0.1) is 0 Å². The quantitative estimate of drug-likeness (QED) is 0.806. The standard InChI is InChI=1S/C20H23N3O2/c1-13-10-16-11-15(4-7-18(16)22-13)20(24)23-17-5-2-14(3-6-17)19-12-21-8-9-25-19/h2-7,11,13,19,21-22H,8-10,12H2,1H3,(H,23,24)/t13-,19?/m1/s1. The minimum Gasteiger partial charge on any atom is -0.382 e. The Morgan fingerprint density at radius 1 is 1.20 bits per heavy atom. The molecule has 0 aliphatic carbocycles. The predicted octanol–water partition coefficient (Wildman–Crippen LogP) is 2.96. The van der Waals surface area contributed by atoms with Crippen molar-refractivity contribution in [2.45, 2.75) is 25.5 Å². The maximum absolute atomic E-state index is 12.5. The van der Waals surface area contributed by atoms with E-state index in [4.69, 9.17) is 4.74 Å². The first-order valence-electron chi connectivity index (χ1n) is 8.82. The summed E-state index contributed by atoms with van der Waals surface area (Å²) in [5.41, 5.74) is 4.96. The highest BCUT2D eigenvalue weighted by atomic mass is 16.5. The first-order valence-corrected chi connectivity index (χ1v) is 8.82. The van der Waals surface area contributed by atoms with Gasteiger partial charge in [-0.05, 0) is 54.8 Å². The second-order valence-corrected chi connectivity index (χ2v) is 6.76. The number of rotatable bonds is 3. The van der Waals surface area contributed by atoms with Gasteiger partial charge < -0.3 is 20.7 Å². The van der Waals surface area contributed by atoms with Crippen LogP contribution in [0.15, 0.2) is 42.5 Å². The van der Waals surface area contributed by atoms with Gasteiger partial charge in [0.25, 0.3) is 5.91 Å². The first kappa shape index (κ1) is 16.1. The summed E-state index contributed by atoms with van der Waals surface area (Å²) in [6.45, 7) is 4.61. The molecule has 2 aromatic carbocycles. The summed E-state index contributed by atoms with van der Waals surface area (Å²) in [7, 11) is 0. The van der Waals surface area contributed by atoms with E-state index in [1.807, 2.05) is 42.5 Å². The van der Waals surface area contributed by atoms with Crippen molar-refractivity contribution < 1.29 is 9.53 Å². The second-order valence-electron chi connectivity index (χ2n) is 6.76. The molecular weight excluding hydrogens is 314 g/mol. The molecule has 25 heavy (non-hydrogen) atoms. The van der Waals surface area contributed by atoms with Crippen LogP contribution >= 0.6 is 0 Å². The van der Waals surface area contributed by atoms with E-state index in [1.165, 1.54) is 5.56 Å². The molecule has 0 spiro atoms. The number of ether oxygens (including phenoxy) is 1. The molecule has 0 radical (unpaired) electrons. The van der Waals surface area contributed by atoms with Gasteiger partial charge in [-0.1, -0.05) is 12.1 Å². The zero-order valence-electron chi connectivity index (χ0n) is 14.3. The molecule has 0 aromatic heterocycles. The van der Waals surface area contributed by atoms with Crippen molar-refractivity contribution >= 4 is 17.3 Å². The van der Waals surface area contributed by atoms with Crippen LogP contribution in [-0.4, -0.2) is 31.6 Å². The lowest BCUT2D eigenvalue weighted by Gasteiger charge is -2.24. The van der Waals surface area contributed by atoms with Crippen LogP contribution in [-0.2, 0) is 11.2 Å². The van der Waals surface area contributed by atoms with Crippen LogP contribution in [0.5, 0.6) is 0 Å². The van der Waals surface area contributed by atoms with Gasteiger partial charge in [-0.15, -0.1) is 0 Å². The van der Waals surface area contributed by atoms with E-state index in [1.54, 1.807) is 0 Å². The number of amides is 1. The van der Waals surface area contributed by atoms with Crippen molar-refractivity contribution in [1.29, 1.82) is 0 Å². The van der Waals surface area contributed by atoms with Crippen LogP contribution in [0.25, 0.3) is 0 Å². The predicted molar refractivity (Wildman–Crippen MR) is 99.2 cm³/mol. The van der Waals surface area contributed by atoms with Gasteiger partial charge in [0, 0.05) is 36.1 Å². The summed E-state index contributed by atoms with van der Waals surface area (Å²) in [5.74, 6) is -0.0781. The third-order valence-corrected chi connectivity index (χ3v) is 4.76. The average molecular weight is 337 g/mol. The molecule has 5 nitrogen and oxygen atoms in total. The average Bonchev–Trinajstić information content (AvgIpc) is 3.02. The van der Waals surface area contributed by atoms with Gasteiger partial charge >= 0.3 is 0 Å². The summed E-state index contributed by atoms with van der Waals surface area (Å²) in [4.78, 5) is 12.5. The Morgan fingerprint density at radius 2 is 2.04 bits per heavy atom. The molecule has 2 aliphatic heterocycles. The smallest absolute Gasteiger partial charge is 0.255 e. The summed E-state index contributed by atoms with van der Waals surface area (Å²) in [5, 5.41) is 9.70. The van der Waals surface area contributed by atoms with Crippen molar-refractivity contribution in [2.24, 2.45) is 0 Å². The van der Waals surface area contributed by atoms with E-state index >= 15 is 0 Å². The lowest BCUT2D eigenvalue weighted by molar-refractivity contribution is 0.0277. The summed E-state index contributed by atoms with van der Waals surface area (Å²) >= 11 is 0. The molecule has 1 saturated heterocycles. The summed E-state index contributed by atoms with van der Waals surface area (Å²) in [6, 6.07) is 14.2. The monoisotopic (exact) mass is 337 g/mol. The lowest BCUT2D eigenvalue weighted by Crippen LogP contribution is -2.33.